The van der Waals surface area contributed by atoms with E-state index in [1.165, 1.54) is 6.92 Å². The molecular weight excluding hydrogens is 254 g/mol. The Bertz CT molecular complexity index is 556. The zero-order valence-corrected chi connectivity index (χ0v) is 12.2. The van der Waals surface area contributed by atoms with Gasteiger partial charge >= 0.3 is 0 Å². The quantitative estimate of drug-likeness (QED) is 0.646. The monoisotopic (exact) mass is 275 g/mol. The highest BCUT2D eigenvalue weighted by atomic mass is 16.2. The number of hydrogen-bond acceptors (Lipinski definition) is 4. The molecule has 0 aliphatic carbocycles. The number of amides is 1. The summed E-state index contributed by atoms with van der Waals surface area (Å²) in [5.41, 5.74) is 7.54. The van der Waals surface area contributed by atoms with Crippen LogP contribution in [0.5, 0.6) is 0 Å². The van der Waals surface area contributed by atoms with Gasteiger partial charge in [0.15, 0.2) is 5.78 Å². The van der Waals surface area contributed by atoms with Crippen LogP contribution in [0.15, 0.2) is 18.2 Å². The van der Waals surface area contributed by atoms with Gasteiger partial charge in [-0.2, -0.15) is 0 Å². The molecule has 108 valence electrons. The molecule has 1 heterocycles. The smallest absolute Gasteiger partial charge is 0.227 e. The van der Waals surface area contributed by atoms with Gasteiger partial charge in [0.1, 0.15) is 0 Å². The number of hydrogen-bond donors (Lipinski definition) is 2. The number of benzene rings is 1. The lowest BCUT2D eigenvalue weighted by Gasteiger charge is -2.24. The molecule has 3 N–H and O–H groups in total. The molecule has 20 heavy (non-hydrogen) atoms. The molecule has 2 rings (SSSR count). The van der Waals surface area contributed by atoms with Crippen LogP contribution in [0.3, 0.4) is 0 Å². The summed E-state index contributed by atoms with van der Waals surface area (Å²) in [6, 6.07) is 5.46. The fraction of sp³-hybridized carbons (Fsp3) is 0.467. The topological polar surface area (TPSA) is 75.4 Å². The lowest BCUT2D eigenvalue weighted by molar-refractivity contribution is -0.128. The molecular formula is C15H21N3O2. The summed E-state index contributed by atoms with van der Waals surface area (Å²) in [5.74, 6) is 0.0269. The van der Waals surface area contributed by atoms with E-state index in [-0.39, 0.29) is 17.1 Å². The third kappa shape index (κ3) is 2.48. The first-order valence-electron chi connectivity index (χ1n) is 6.75. The van der Waals surface area contributed by atoms with Crippen molar-refractivity contribution in [3.63, 3.8) is 0 Å². The number of Topliss-reactive ketones (excluding diaryl/α,β-unsaturated/α-hetero) is 1. The largest absolute Gasteiger partial charge is 0.398 e. The molecule has 1 fully saturated rings. The molecule has 0 spiro atoms. The van der Waals surface area contributed by atoms with Crippen molar-refractivity contribution >= 4 is 23.1 Å². The normalized spacial score (nSPS) is 21.9. The second-order valence-corrected chi connectivity index (χ2v) is 5.64. The van der Waals surface area contributed by atoms with Crippen LogP contribution in [-0.2, 0) is 4.79 Å². The maximum Gasteiger partial charge on any atom is 0.227 e. The number of ketones is 1. The summed E-state index contributed by atoms with van der Waals surface area (Å²) in [4.78, 5) is 25.4. The molecule has 1 aliphatic rings. The van der Waals surface area contributed by atoms with Crippen molar-refractivity contribution in [2.24, 2.45) is 5.41 Å². The van der Waals surface area contributed by atoms with Crippen LogP contribution in [0, 0.1) is 5.41 Å². The maximum atomic E-state index is 11.9. The molecule has 0 bridgehead atoms. The number of nitrogens with two attached hydrogens (primary N) is 1. The maximum absolute atomic E-state index is 11.9. The Labute approximate surface area is 119 Å². The first-order valence-corrected chi connectivity index (χ1v) is 6.75. The molecule has 0 radical (unpaired) electrons. The van der Waals surface area contributed by atoms with Crippen molar-refractivity contribution in [2.45, 2.75) is 20.3 Å². The Morgan fingerprint density at radius 2 is 2.10 bits per heavy atom. The number of rotatable bonds is 3. The van der Waals surface area contributed by atoms with Crippen molar-refractivity contribution in [1.29, 1.82) is 0 Å². The van der Waals surface area contributed by atoms with Crippen molar-refractivity contribution in [2.75, 3.05) is 30.8 Å². The zero-order chi connectivity index (χ0) is 14.9. The summed E-state index contributed by atoms with van der Waals surface area (Å²) in [6.45, 7) is 4.94. The van der Waals surface area contributed by atoms with Gasteiger partial charge in [-0.3, -0.25) is 9.59 Å². The minimum Gasteiger partial charge on any atom is -0.398 e. The van der Waals surface area contributed by atoms with E-state index in [0.29, 0.717) is 17.8 Å². The van der Waals surface area contributed by atoms with Crippen LogP contribution < -0.4 is 16.0 Å². The number of anilines is 2. The number of nitrogen functional groups attached to an aromatic ring is 1. The molecule has 1 aromatic rings. The lowest BCUT2D eigenvalue weighted by atomic mass is 9.89. The fourth-order valence-corrected chi connectivity index (χ4v) is 2.74. The zero-order valence-electron chi connectivity index (χ0n) is 12.2. The second-order valence-electron chi connectivity index (χ2n) is 5.64. The molecule has 1 aromatic carbocycles. The van der Waals surface area contributed by atoms with Gasteiger partial charge in [0.2, 0.25) is 5.91 Å². The molecule has 1 saturated heterocycles. The summed E-state index contributed by atoms with van der Waals surface area (Å²) < 4.78 is 0. The molecule has 5 heteroatoms. The van der Waals surface area contributed by atoms with Gasteiger partial charge in [0, 0.05) is 37.1 Å². The van der Waals surface area contributed by atoms with E-state index in [9.17, 15) is 9.59 Å². The highest BCUT2D eigenvalue weighted by molar-refractivity contribution is 5.99. The molecule has 1 atom stereocenters. The Morgan fingerprint density at radius 3 is 2.65 bits per heavy atom. The molecule has 5 nitrogen and oxygen atoms in total. The average molecular weight is 275 g/mol. The molecule has 1 unspecified atom stereocenters. The molecule has 1 aliphatic heterocycles. The van der Waals surface area contributed by atoms with Gasteiger partial charge < -0.3 is 16.0 Å². The van der Waals surface area contributed by atoms with E-state index in [4.69, 9.17) is 5.73 Å². The van der Waals surface area contributed by atoms with Crippen LogP contribution in [0.4, 0.5) is 11.4 Å². The highest BCUT2D eigenvalue weighted by Crippen LogP contribution is 2.34. The highest BCUT2D eigenvalue weighted by Gasteiger charge is 2.39. The Hall–Kier alpha value is -2.04. The van der Waals surface area contributed by atoms with E-state index >= 15 is 0 Å². The Kier molecular flexibility index (Phi) is 3.70. The van der Waals surface area contributed by atoms with E-state index < -0.39 is 0 Å². The Morgan fingerprint density at radius 1 is 1.40 bits per heavy atom. The van der Waals surface area contributed by atoms with Gasteiger partial charge in [-0.05, 0) is 38.5 Å². The third-order valence-electron chi connectivity index (χ3n) is 4.03. The van der Waals surface area contributed by atoms with Crippen molar-refractivity contribution in [1.82, 2.24) is 5.32 Å². The van der Waals surface area contributed by atoms with Crippen LogP contribution in [-0.4, -0.2) is 31.8 Å². The average Bonchev–Trinajstić information content (AvgIpc) is 2.81. The van der Waals surface area contributed by atoms with E-state index in [1.54, 1.807) is 13.1 Å². The summed E-state index contributed by atoms with van der Waals surface area (Å²) in [7, 11) is 1.66. The minimum absolute atomic E-state index is 0.0364. The number of nitrogens with one attached hydrogen (secondary N) is 1. The van der Waals surface area contributed by atoms with Crippen LogP contribution in [0.2, 0.25) is 0 Å². The number of carbonyl (C=O) groups excluding carboxylic acids is 2. The second kappa shape index (κ2) is 5.15. The van der Waals surface area contributed by atoms with E-state index in [2.05, 4.69) is 10.2 Å². The van der Waals surface area contributed by atoms with Gasteiger partial charge in [-0.1, -0.05) is 0 Å². The van der Waals surface area contributed by atoms with E-state index in [1.807, 2.05) is 19.1 Å². The predicted octanol–water partition coefficient (Wildman–Crippen LogP) is 1.43. The van der Waals surface area contributed by atoms with Crippen LogP contribution >= 0.6 is 0 Å². The van der Waals surface area contributed by atoms with Crippen molar-refractivity contribution in [3.05, 3.63) is 23.8 Å². The van der Waals surface area contributed by atoms with Gasteiger partial charge in [0.05, 0.1) is 5.41 Å². The summed E-state index contributed by atoms with van der Waals surface area (Å²) in [6.07, 6.45) is 0.807. The van der Waals surface area contributed by atoms with Crippen LogP contribution in [0.25, 0.3) is 0 Å². The molecule has 0 aromatic heterocycles. The molecule has 0 saturated carbocycles. The number of nitrogens with zero attached hydrogens (tertiary/aromatic N) is 1. The summed E-state index contributed by atoms with van der Waals surface area (Å²) in [5, 5.41) is 2.72. The van der Waals surface area contributed by atoms with Gasteiger partial charge in [-0.15, -0.1) is 0 Å². The lowest BCUT2D eigenvalue weighted by Crippen LogP contribution is -2.39. The minimum atomic E-state index is -0.372. The van der Waals surface area contributed by atoms with E-state index in [0.717, 1.165) is 18.7 Å². The SMILES string of the molecule is CNC(=O)C1(C)CCN(c2ccc(C(C)=O)c(N)c2)C1. The summed E-state index contributed by atoms with van der Waals surface area (Å²) >= 11 is 0. The standard InChI is InChI=1S/C15H21N3O2/c1-10(19)12-5-4-11(8-13(12)16)18-7-6-15(2,9-18)14(20)17-3/h4-5,8H,6-7,9,16H2,1-3H3,(H,17,20). The fourth-order valence-electron chi connectivity index (χ4n) is 2.74. The first kappa shape index (κ1) is 14.4. The molecule has 1 amide bonds. The Balaban J connectivity index is 2.21. The van der Waals surface area contributed by atoms with Gasteiger partial charge in [-0.25, -0.2) is 0 Å². The number of carbonyl (C=O) groups is 2. The van der Waals surface area contributed by atoms with Crippen molar-refractivity contribution in [3.8, 4) is 0 Å². The third-order valence-corrected chi connectivity index (χ3v) is 4.03. The van der Waals surface area contributed by atoms with Gasteiger partial charge in [0.25, 0.3) is 0 Å². The van der Waals surface area contributed by atoms with Crippen LogP contribution in [0.1, 0.15) is 30.6 Å². The predicted molar refractivity (Wildman–Crippen MR) is 79.9 cm³/mol. The van der Waals surface area contributed by atoms with Crippen molar-refractivity contribution < 1.29 is 9.59 Å². The first-order chi connectivity index (χ1) is 9.37.